The number of piperidine rings is 1. The third-order valence-electron chi connectivity index (χ3n) is 4.62. The summed E-state index contributed by atoms with van der Waals surface area (Å²) in [6.45, 7) is 3.51. The van der Waals surface area contributed by atoms with E-state index < -0.39 is 5.67 Å². The highest BCUT2D eigenvalue weighted by Crippen LogP contribution is 2.38. The Balaban J connectivity index is 1.83. The van der Waals surface area contributed by atoms with Crippen molar-refractivity contribution in [2.45, 2.75) is 25.4 Å². The maximum atomic E-state index is 15.2. The van der Waals surface area contributed by atoms with Crippen LogP contribution in [0.1, 0.15) is 25.3 Å². The molecular weight excluding hydrogens is 261 g/mol. The predicted octanol–water partition coefficient (Wildman–Crippen LogP) is 4.54. The number of rotatable bonds is 3. The molecule has 2 atom stereocenters. The van der Waals surface area contributed by atoms with Crippen LogP contribution in [0, 0.1) is 5.92 Å². The van der Waals surface area contributed by atoms with Gasteiger partial charge in [0.05, 0.1) is 0 Å². The minimum absolute atomic E-state index is 0.0637. The molecule has 1 fully saturated rings. The molecule has 0 aliphatic carbocycles. The summed E-state index contributed by atoms with van der Waals surface area (Å²) in [6, 6.07) is 18.1. The summed E-state index contributed by atoms with van der Waals surface area (Å²) < 4.78 is 15.2. The van der Waals surface area contributed by atoms with Gasteiger partial charge in [0, 0.05) is 12.5 Å². The minimum atomic E-state index is -1.26. The van der Waals surface area contributed by atoms with E-state index in [1.807, 2.05) is 42.5 Å². The van der Waals surface area contributed by atoms with E-state index in [2.05, 4.69) is 17.4 Å². The smallest absolute Gasteiger partial charge is 0.137 e. The Kier molecular flexibility index (Phi) is 4.07. The number of benzene rings is 2. The zero-order valence-electron chi connectivity index (χ0n) is 12.5. The number of hydrogen-bond donors (Lipinski definition) is 1. The Bertz CT molecular complexity index is 568. The van der Waals surface area contributed by atoms with Gasteiger partial charge < -0.3 is 5.32 Å². The highest BCUT2D eigenvalue weighted by molar-refractivity contribution is 5.63. The molecule has 1 aliphatic rings. The lowest BCUT2D eigenvalue weighted by atomic mass is 9.80. The molecule has 1 aliphatic heterocycles. The lowest BCUT2D eigenvalue weighted by Crippen LogP contribution is -2.39. The fourth-order valence-electron chi connectivity index (χ4n) is 3.17. The van der Waals surface area contributed by atoms with Crippen molar-refractivity contribution in [2.24, 2.45) is 5.92 Å². The topological polar surface area (TPSA) is 12.0 Å². The van der Waals surface area contributed by atoms with E-state index in [-0.39, 0.29) is 5.92 Å². The van der Waals surface area contributed by atoms with Crippen molar-refractivity contribution < 1.29 is 4.39 Å². The number of alkyl halides is 1. The van der Waals surface area contributed by atoms with Crippen molar-refractivity contribution in [1.82, 2.24) is 5.32 Å². The standard InChI is InChI=1S/C19H22FN/c1-19(20,18-8-5-13-21-14-18)17-11-9-16(10-12-17)15-6-3-2-4-7-15/h2-4,6-7,9-12,18,21H,5,8,13-14H2,1H3. The molecule has 0 saturated carbocycles. The third-order valence-corrected chi connectivity index (χ3v) is 4.62. The predicted molar refractivity (Wildman–Crippen MR) is 85.9 cm³/mol. The Labute approximate surface area is 126 Å². The van der Waals surface area contributed by atoms with Gasteiger partial charge in [-0.1, -0.05) is 54.6 Å². The summed E-state index contributed by atoms with van der Waals surface area (Å²) in [5.41, 5.74) is 1.83. The Morgan fingerprint density at radius 3 is 2.29 bits per heavy atom. The zero-order valence-corrected chi connectivity index (χ0v) is 12.5. The first-order valence-corrected chi connectivity index (χ1v) is 7.73. The Morgan fingerprint density at radius 2 is 1.67 bits per heavy atom. The summed E-state index contributed by atoms with van der Waals surface area (Å²) in [7, 11) is 0. The van der Waals surface area contributed by atoms with Crippen molar-refractivity contribution in [3.63, 3.8) is 0 Å². The van der Waals surface area contributed by atoms with Crippen molar-refractivity contribution in [1.29, 1.82) is 0 Å². The maximum Gasteiger partial charge on any atom is 0.137 e. The molecule has 2 unspecified atom stereocenters. The average Bonchev–Trinajstić information content (AvgIpc) is 2.57. The highest BCUT2D eigenvalue weighted by atomic mass is 19.1. The molecule has 0 radical (unpaired) electrons. The molecule has 2 aromatic rings. The second kappa shape index (κ2) is 5.98. The van der Waals surface area contributed by atoms with Crippen molar-refractivity contribution in [2.75, 3.05) is 13.1 Å². The van der Waals surface area contributed by atoms with Crippen LogP contribution in [0.15, 0.2) is 54.6 Å². The molecule has 0 aromatic heterocycles. The lowest BCUT2D eigenvalue weighted by molar-refractivity contribution is 0.0812. The first-order valence-electron chi connectivity index (χ1n) is 7.73. The highest BCUT2D eigenvalue weighted by Gasteiger charge is 2.36. The molecule has 1 saturated heterocycles. The van der Waals surface area contributed by atoms with E-state index in [1.54, 1.807) is 6.92 Å². The number of hydrogen-bond acceptors (Lipinski definition) is 1. The summed E-state index contributed by atoms with van der Waals surface area (Å²) >= 11 is 0. The van der Waals surface area contributed by atoms with Crippen LogP contribution in [0.3, 0.4) is 0 Å². The van der Waals surface area contributed by atoms with E-state index in [0.717, 1.165) is 37.1 Å². The second-order valence-electron chi connectivity index (χ2n) is 6.06. The molecular formula is C19H22FN. The van der Waals surface area contributed by atoms with Gasteiger partial charge >= 0.3 is 0 Å². The SMILES string of the molecule is CC(F)(c1ccc(-c2ccccc2)cc1)C1CCCNC1. The van der Waals surface area contributed by atoms with Gasteiger partial charge in [-0.15, -0.1) is 0 Å². The van der Waals surface area contributed by atoms with Gasteiger partial charge in [0.2, 0.25) is 0 Å². The van der Waals surface area contributed by atoms with E-state index in [4.69, 9.17) is 0 Å². The van der Waals surface area contributed by atoms with Crippen LogP contribution in [-0.2, 0) is 5.67 Å². The Hall–Kier alpha value is -1.67. The largest absolute Gasteiger partial charge is 0.316 e. The first-order chi connectivity index (χ1) is 10.2. The fraction of sp³-hybridized carbons (Fsp3) is 0.368. The van der Waals surface area contributed by atoms with E-state index >= 15 is 4.39 Å². The van der Waals surface area contributed by atoms with E-state index in [9.17, 15) is 0 Å². The molecule has 1 nitrogen and oxygen atoms in total. The van der Waals surface area contributed by atoms with Gasteiger partial charge in [-0.05, 0) is 43.0 Å². The molecule has 1 N–H and O–H groups in total. The van der Waals surface area contributed by atoms with Gasteiger partial charge in [-0.3, -0.25) is 0 Å². The second-order valence-corrected chi connectivity index (χ2v) is 6.06. The van der Waals surface area contributed by atoms with Crippen LogP contribution < -0.4 is 5.32 Å². The van der Waals surface area contributed by atoms with Crippen LogP contribution in [-0.4, -0.2) is 13.1 Å². The molecule has 1 heterocycles. The van der Waals surface area contributed by atoms with Crippen LogP contribution in [0.2, 0.25) is 0 Å². The fourth-order valence-corrected chi connectivity index (χ4v) is 3.17. The molecule has 110 valence electrons. The summed E-state index contributed by atoms with van der Waals surface area (Å²) in [6.07, 6.45) is 2.02. The molecule has 0 spiro atoms. The van der Waals surface area contributed by atoms with Crippen LogP contribution >= 0.6 is 0 Å². The van der Waals surface area contributed by atoms with Gasteiger partial charge in [0.25, 0.3) is 0 Å². The summed E-state index contributed by atoms with van der Waals surface area (Å²) in [5.74, 6) is 0.0637. The van der Waals surface area contributed by atoms with E-state index in [1.165, 1.54) is 5.56 Å². The summed E-state index contributed by atoms with van der Waals surface area (Å²) in [4.78, 5) is 0. The molecule has 3 rings (SSSR count). The molecule has 2 aromatic carbocycles. The molecule has 2 heteroatoms. The van der Waals surface area contributed by atoms with Gasteiger partial charge in [-0.2, -0.15) is 0 Å². The van der Waals surface area contributed by atoms with Crippen LogP contribution in [0.25, 0.3) is 11.1 Å². The van der Waals surface area contributed by atoms with Crippen LogP contribution in [0.4, 0.5) is 4.39 Å². The number of halogens is 1. The molecule has 21 heavy (non-hydrogen) atoms. The quantitative estimate of drug-likeness (QED) is 0.872. The maximum absolute atomic E-state index is 15.2. The minimum Gasteiger partial charge on any atom is -0.316 e. The average molecular weight is 283 g/mol. The van der Waals surface area contributed by atoms with Crippen LogP contribution in [0.5, 0.6) is 0 Å². The molecule has 0 bridgehead atoms. The van der Waals surface area contributed by atoms with Crippen molar-refractivity contribution in [3.8, 4) is 11.1 Å². The van der Waals surface area contributed by atoms with Gasteiger partial charge in [0.1, 0.15) is 5.67 Å². The van der Waals surface area contributed by atoms with Gasteiger partial charge in [0.15, 0.2) is 0 Å². The Morgan fingerprint density at radius 1 is 1.00 bits per heavy atom. The first kappa shape index (κ1) is 14.3. The summed E-state index contributed by atoms with van der Waals surface area (Å²) in [5, 5.41) is 3.31. The normalized spacial score (nSPS) is 21.7. The van der Waals surface area contributed by atoms with Gasteiger partial charge in [-0.25, -0.2) is 4.39 Å². The number of nitrogens with one attached hydrogen (secondary N) is 1. The van der Waals surface area contributed by atoms with Crippen molar-refractivity contribution in [3.05, 3.63) is 60.2 Å². The van der Waals surface area contributed by atoms with E-state index in [0.29, 0.717) is 0 Å². The lowest BCUT2D eigenvalue weighted by Gasteiger charge is -2.34. The molecule has 0 amide bonds. The van der Waals surface area contributed by atoms with Crippen molar-refractivity contribution >= 4 is 0 Å². The third kappa shape index (κ3) is 3.01. The monoisotopic (exact) mass is 283 g/mol. The zero-order chi connectivity index (χ0) is 14.7.